The molecule has 3 nitrogen and oxygen atoms in total. The van der Waals surface area contributed by atoms with Gasteiger partial charge in [-0.1, -0.05) is 11.5 Å². The first-order valence-electron chi connectivity index (χ1n) is 2.81. The zero-order chi connectivity index (χ0) is 7.28. The van der Waals surface area contributed by atoms with E-state index < -0.39 is 7.12 Å². The molecular formula is C5H11BO3. The van der Waals surface area contributed by atoms with Crippen molar-refractivity contribution in [2.24, 2.45) is 0 Å². The Balaban J connectivity index is 3.55. The van der Waals surface area contributed by atoms with Crippen LogP contribution in [0.2, 0.25) is 0 Å². The van der Waals surface area contributed by atoms with E-state index in [0.29, 0.717) is 6.42 Å². The van der Waals surface area contributed by atoms with Crippen LogP contribution in [0.3, 0.4) is 0 Å². The highest BCUT2D eigenvalue weighted by Gasteiger charge is 2.00. The van der Waals surface area contributed by atoms with Crippen molar-refractivity contribution in [2.45, 2.75) is 13.3 Å². The van der Waals surface area contributed by atoms with Crippen LogP contribution in [0.25, 0.3) is 0 Å². The number of hydrogen-bond acceptors (Lipinski definition) is 3. The maximum atomic E-state index is 8.35. The Morgan fingerprint density at radius 3 is 2.44 bits per heavy atom. The molecule has 0 aliphatic rings. The molecule has 9 heavy (non-hydrogen) atoms. The van der Waals surface area contributed by atoms with Crippen molar-refractivity contribution < 1.29 is 15.2 Å². The first-order chi connectivity index (χ1) is 4.16. The Kier molecular flexibility index (Phi) is 4.39. The zero-order valence-electron chi connectivity index (χ0n) is 5.41. The molecule has 0 atom stereocenters. The first-order valence-corrected chi connectivity index (χ1v) is 2.81. The standard InChI is InChI=1S/C5H11BO3/c1-5(2-3-7)4-6(8)9/h4,7-9H,2-3H2,1H3/b5-4+. The Bertz CT molecular complexity index is 100. The van der Waals surface area contributed by atoms with Crippen molar-refractivity contribution in [3.05, 3.63) is 11.5 Å². The van der Waals surface area contributed by atoms with E-state index in [1.807, 2.05) is 0 Å². The van der Waals surface area contributed by atoms with Crippen LogP contribution in [-0.2, 0) is 0 Å². The molecule has 0 aliphatic heterocycles. The van der Waals surface area contributed by atoms with Gasteiger partial charge in [0.15, 0.2) is 0 Å². The van der Waals surface area contributed by atoms with Crippen molar-refractivity contribution in [1.82, 2.24) is 0 Å². The molecular weight excluding hydrogens is 119 g/mol. The van der Waals surface area contributed by atoms with Crippen LogP contribution >= 0.6 is 0 Å². The second kappa shape index (κ2) is 4.55. The van der Waals surface area contributed by atoms with Crippen molar-refractivity contribution in [1.29, 1.82) is 0 Å². The van der Waals surface area contributed by atoms with Crippen LogP contribution in [0, 0.1) is 0 Å². The molecule has 52 valence electrons. The maximum absolute atomic E-state index is 8.35. The minimum Gasteiger partial charge on any atom is -0.424 e. The minimum absolute atomic E-state index is 0.0506. The number of aliphatic hydroxyl groups excluding tert-OH is 1. The Hall–Kier alpha value is -0.315. The summed E-state index contributed by atoms with van der Waals surface area (Å²) in [6.45, 7) is 1.78. The molecule has 0 saturated carbocycles. The largest absolute Gasteiger partial charge is 0.480 e. The SMILES string of the molecule is C/C(=C\B(O)O)CCO. The van der Waals surface area contributed by atoms with Crippen LogP contribution in [0.4, 0.5) is 0 Å². The van der Waals surface area contributed by atoms with Gasteiger partial charge in [0.05, 0.1) is 0 Å². The average molecular weight is 130 g/mol. The predicted molar refractivity (Wildman–Crippen MR) is 35.7 cm³/mol. The monoisotopic (exact) mass is 130 g/mol. The van der Waals surface area contributed by atoms with E-state index in [4.69, 9.17) is 15.2 Å². The Labute approximate surface area is 54.8 Å². The lowest BCUT2D eigenvalue weighted by molar-refractivity contribution is 0.299. The van der Waals surface area contributed by atoms with Gasteiger partial charge in [-0.05, 0) is 13.3 Å². The lowest BCUT2D eigenvalue weighted by Crippen LogP contribution is -2.07. The number of aliphatic hydroxyl groups is 1. The van der Waals surface area contributed by atoms with Gasteiger partial charge in [-0.3, -0.25) is 0 Å². The smallest absolute Gasteiger partial charge is 0.424 e. The topological polar surface area (TPSA) is 60.7 Å². The average Bonchev–Trinajstić information content (AvgIpc) is 1.63. The van der Waals surface area contributed by atoms with Crippen LogP contribution in [0.15, 0.2) is 11.5 Å². The van der Waals surface area contributed by atoms with Gasteiger partial charge in [0, 0.05) is 6.61 Å². The third-order valence-corrected chi connectivity index (χ3v) is 0.940. The number of hydrogen-bond donors (Lipinski definition) is 3. The fraction of sp³-hybridized carbons (Fsp3) is 0.600. The maximum Gasteiger partial charge on any atom is 0.480 e. The van der Waals surface area contributed by atoms with E-state index >= 15 is 0 Å². The van der Waals surface area contributed by atoms with Gasteiger partial charge in [0.25, 0.3) is 0 Å². The fourth-order valence-corrected chi connectivity index (χ4v) is 0.514. The molecule has 0 radical (unpaired) electrons. The lowest BCUT2D eigenvalue weighted by Gasteiger charge is -1.94. The highest BCUT2D eigenvalue weighted by Crippen LogP contribution is 1.97. The zero-order valence-corrected chi connectivity index (χ0v) is 5.41. The molecule has 0 spiro atoms. The molecule has 0 unspecified atom stereocenters. The van der Waals surface area contributed by atoms with Crippen molar-refractivity contribution >= 4 is 7.12 Å². The third-order valence-electron chi connectivity index (χ3n) is 0.940. The van der Waals surface area contributed by atoms with E-state index in [9.17, 15) is 0 Å². The van der Waals surface area contributed by atoms with Gasteiger partial charge >= 0.3 is 7.12 Å². The predicted octanol–water partition coefficient (Wildman–Crippen LogP) is -0.673. The van der Waals surface area contributed by atoms with Crippen molar-refractivity contribution in [2.75, 3.05) is 6.61 Å². The Morgan fingerprint density at radius 1 is 1.56 bits per heavy atom. The molecule has 0 rings (SSSR count). The van der Waals surface area contributed by atoms with Crippen LogP contribution in [-0.4, -0.2) is 28.9 Å². The molecule has 0 aromatic rings. The second-order valence-corrected chi connectivity index (χ2v) is 1.90. The summed E-state index contributed by atoms with van der Waals surface area (Å²) < 4.78 is 0. The highest BCUT2D eigenvalue weighted by molar-refractivity contribution is 6.47. The molecule has 0 aliphatic carbocycles. The molecule has 0 saturated heterocycles. The lowest BCUT2D eigenvalue weighted by atomic mass is 9.88. The summed E-state index contributed by atoms with van der Waals surface area (Å²) in [7, 11) is -1.39. The van der Waals surface area contributed by atoms with E-state index in [0.717, 1.165) is 5.57 Å². The van der Waals surface area contributed by atoms with Crippen LogP contribution in [0.1, 0.15) is 13.3 Å². The normalized spacial score (nSPS) is 11.8. The molecule has 0 amide bonds. The summed E-state index contributed by atoms with van der Waals surface area (Å²) in [6.07, 6.45) is 0.498. The van der Waals surface area contributed by atoms with Crippen LogP contribution < -0.4 is 0 Å². The molecule has 0 heterocycles. The summed E-state index contributed by atoms with van der Waals surface area (Å²) in [5.41, 5.74) is 0.785. The first kappa shape index (κ1) is 8.68. The third kappa shape index (κ3) is 5.56. The quantitative estimate of drug-likeness (QED) is 0.444. The van der Waals surface area contributed by atoms with Gasteiger partial charge in [-0.25, -0.2) is 0 Å². The van der Waals surface area contributed by atoms with E-state index in [-0.39, 0.29) is 6.61 Å². The molecule has 3 N–H and O–H groups in total. The molecule has 0 aromatic heterocycles. The van der Waals surface area contributed by atoms with E-state index in [2.05, 4.69) is 0 Å². The summed E-state index contributed by atoms with van der Waals surface area (Å²) in [5.74, 6) is 1.29. The van der Waals surface area contributed by atoms with Gasteiger partial charge in [0.1, 0.15) is 0 Å². The second-order valence-electron chi connectivity index (χ2n) is 1.90. The molecule has 0 bridgehead atoms. The van der Waals surface area contributed by atoms with Crippen molar-refractivity contribution in [3.8, 4) is 0 Å². The van der Waals surface area contributed by atoms with Crippen LogP contribution in [0.5, 0.6) is 0 Å². The molecule has 4 heteroatoms. The van der Waals surface area contributed by atoms with Gasteiger partial charge in [0.2, 0.25) is 0 Å². The van der Waals surface area contributed by atoms with Crippen molar-refractivity contribution in [3.63, 3.8) is 0 Å². The summed E-state index contributed by atoms with van der Waals surface area (Å²) >= 11 is 0. The van der Waals surface area contributed by atoms with Gasteiger partial charge < -0.3 is 15.2 Å². The fourth-order valence-electron chi connectivity index (χ4n) is 0.514. The summed E-state index contributed by atoms with van der Waals surface area (Å²) in [6, 6.07) is 0. The molecule has 0 fully saturated rings. The van der Waals surface area contributed by atoms with E-state index in [1.165, 1.54) is 5.98 Å². The van der Waals surface area contributed by atoms with E-state index in [1.54, 1.807) is 6.92 Å². The number of rotatable bonds is 3. The molecule has 0 aromatic carbocycles. The van der Waals surface area contributed by atoms with Gasteiger partial charge in [-0.2, -0.15) is 0 Å². The summed E-state index contributed by atoms with van der Waals surface area (Å²) in [4.78, 5) is 0. The highest BCUT2D eigenvalue weighted by atomic mass is 16.4. The summed E-state index contributed by atoms with van der Waals surface area (Å²) in [5, 5.41) is 25.0. The minimum atomic E-state index is -1.39. The Morgan fingerprint density at radius 2 is 2.11 bits per heavy atom. The van der Waals surface area contributed by atoms with Gasteiger partial charge in [-0.15, -0.1) is 0 Å².